The van der Waals surface area contributed by atoms with E-state index in [0.29, 0.717) is 41.8 Å². The molecule has 3 rings (SSSR count). The van der Waals surface area contributed by atoms with Crippen LogP contribution in [0.1, 0.15) is 18.1 Å². The van der Waals surface area contributed by atoms with Gasteiger partial charge in [0.05, 0.1) is 6.61 Å². The van der Waals surface area contributed by atoms with Crippen molar-refractivity contribution in [3.05, 3.63) is 59.2 Å². The molecule has 0 unspecified atom stereocenters. The summed E-state index contributed by atoms with van der Waals surface area (Å²) in [5.41, 5.74) is 1.46. The van der Waals surface area contributed by atoms with Crippen LogP contribution in [0.3, 0.4) is 0 Å². The number of hydrogen-bond acceptors (Lipinski definition) is 10. The zero-order valence-electron chi connectivity index (χ0n) is 19.8. The standard InChI is InChI=1S/C24H24N4O6S2/c1-4-32-21-14-17(7-10-20(21)34-12-11-33-19-8-5-16(2)6-9-19)13-18(15-25)22(29)26-23-27-24(28-35-23)36(3,30)31/h5-10,13-14H,4,11-12H2,1-3H3,(H,26,27,28,29). The SMILES string of the molecule is CCOc1cc(C=C(C#N)C(=O)Nc2nc(S(C)(=O)=O)ns2)ccc1OCCOc1ccc(C)cc1. The number of nitriles is 1. The lowest BCUT2D eigenvalue weighted by molar-refractivity contribution is -0.112. The molecule has 0 bridgehead atoms. The number of carbonyl (C=O) groups is 1. The average Bonchev–Trinajstić information content (AvgIpc) is 3.31. The van der Waals surface area contributed by atoms with E-state index in [2.05, 4.69) is 14.7 Å². The van der Waals surface area contributed by atoms with Crippen molar-refractivity contribution in [1.82, 2.24) is 9.36 Å². The third-order valence-electron chi connectivity index (χ3n) is 4.53. The molecule has 0 atom stereocenters. The topological polar surface area (TPSA) is 140 Å². The van der Waals surface area contributed by atoms with Gasteiger partial charge in [-0.3, -0.25) is 10.1 Å². The number of nitrogens with zero attached hydrogens (tertiary/aromatic N) is 3. The molecule has 1 aromatic heterocycles. The number of carbonyl (C=O) groups excluding carboxylic acids is 1. The zero-order chi connectivity index (χ0) is 26.1. The summed E-state index contributed by atoms with van der Waals surface area (Å²) in [6, 6.07) is 14.5. The molecule has 12 heteroatoms. The fourth-order valence-electron chi connectivity index (χ4n) is 2.84. The Morgan fingerprint density at radius 3 is 2.47 bits per heavy atom. The average molecular weight is 529 g/mol. The number of rotatable bonds is 11. The minimum atomic E-state index is -3.61. The van der Waals surface area contributed by atoms with E-state index in [4.69, 9.17) is 14.2 Å². The Labute approximate surface area is 213 Å². The normalized spacial score (nSPS) is 11.4. The molecular weight excluding hydrogens is 504 g/mol. The van der Waals surface area contributed by atoms with Gasteiger partial charge in [0.1, 0.15) is 30.6 Å². The van der Waals surface area contributed by atoms with Crippen LogP contribution in [0.5, 0.6) is 17.2 Å². The molecule has 0 fully saturated rings. The first-order chi connectivity index (χ1) is 17.2. The lowest BCUT2D eigenvalue weighted by Gasteiger charge is -2.13. The molecule has 188 valence electrons. The first kappa shape index (κ1) is 26.7. The second-order valence-electron chi connectivity index (χ2n) is 7.43. The zero-order valence-corrected chi connectivity index (χ0v) is 21.5. The van der Waals surface area contributed by atoms with Gasteiger partial charge in [0.25, 0.3) is 11.1 Å². The van der Waals surface area contributed by atoms with Crippen molar-refractivity contribution in [3.8, 4) is 23.3 Å². The van der Waals surface area contributed by atoms with Gasteiger partial charge in [-0.25, -0.2) is 8.42 Å². The minimum Gasteiger partial charge on any atom is -0.490 e. The van der Waals surface area contributed by atoms with Gasteiger partial charge >= 0.3 is 0 Å². The number of nitrogens with one attached hydrogen (secondary N) is 1. The molecule has 10 nitrogen and oxygen atoms in total. The van der Waals surface area contributed by atoms with Gasteiger partial charge in [-0.15, -0.1) is 0 Å². The summed E-state index contributed by atoms with van der Waals surface area (Å²) in [7, 11) is -3.61. The van der Waals surface area contributed by atoms with Crippen LogP contribution in [0.2, 0.25) is 0 Å². The Bertz CT molecular complexity index is 1390. The highest BCUT2D eigenvalue weighted by Crippen LogP contribution is 2.29. The Balaban J connectivity index is 1.67. The van der Waals surface area contributed by atoms with E-state index < -0.39 is 20.9 Å². The van der Waals surface area contributed by atoms with Gasteiger partial charge in [0, 0.05) is 17.8 Å². The van der Waals surface area contributed by atoms with Crippen LogP contribution in [0.15, 0.2) is 53.2 Å². The molecular formula is C24H24N4O6S2. The summed E-state index contributed by atoms with van der Waals surface area (Å²) < 4.78 is 43.8. The smallest absolute Gasteiger partial charge is 0.268 e. The number of benzene rings is 2. The fourth-order valence-corrected chi connectivity index (χ4v) is 4.28. The predicted octanol–water partition coefficient (Wildman–Crippen LogP) is 3.65. The van der Waals surface area contributed by atoms with E-state index in [1.165, 1.54) is 6.08 Å². The van der Waals surface area contributed by atoms with Crippen molar-refractivity contribution in [2.24, 2.45) is 0 Å². The summed E-state index contributed by atoms with van der Waals surface area (Å²) in [5, 5.41) is 11.4. The van der Waals surface area contributed by atoms with E-state index in [1.807, 2.05) is 44.2 Å². The second kappa shape index (κ2) is 12.1. The second-order valence-corrected chi connectivity index (χ2v) is 10.1. The van der Waals surface area contributed by atoms with Crippen molar-refractivity contribution in [3.63, 3.8) is 0 Å². The van der Waals surface area contributed by atoms with Gasteiger partial charge in [-0.1, -0.05) is 23.8 Å². The predicted molar refractivity (Wildman–Crippen MR) is 135 cm³/mol. The van der Waals surface area contributed by atoms with Crippen molar-refractivity contribution in [1.29, 1.82) is 5.26 Å². The van der Waals surface area contributed by atoms with Crippen LogP contribution < -0.4 is 19.5 Å². The Hall–Kier alpha value is -3.95. The van der Waals surface area contributed by atoms with E-state index >= 15 is 0 Å². The van der Waals surface area contributed by atoms with Crippen molar-refractivity contribution < 1.29 is 27.4 Å². The summed E-state index contributed by atoms with van der Waals surface area (Å²) in [5.74, 6) is 0.936. The van der Waals surface area contributed by atoms with E-state index in [1.54, 1.807) is 18.2 Å². The number of ether oxygens (including phenoxy) is 3. The molecule has 0 spiro atoms. The molecule has 0 saturated carbocycles. The third kappa shape index (κ3) is 7.53. The maximum Gasteiger partial charge on any atom is 0.268 e. The number of anilines is 1. The third-order valence-corrected chi connectivity index (χ3v) is 6.13. The maximum atomic E-state index is 12.5. The van der Waals surface area contributed by atoms with Crippen LogP contribution in [-0.4, -0.2) is 49.8 Å². The lowest BCUT2D eigenvalue weighted by Crippen LogP contribution is -2.13. The Morgan fingerprint density at radius 1 is 1.11 bits per heavy atom. The summed E-state index contributed by atoms with van der Waals surface area (Å²) in [4.78, 5) is 16.3. The van der Waals surface area contributed by atoms with E-state index in [9.17, 15) is 18.5 Å². The van der Waals surface area contributed by atoms with Crippen molar-refractivity contribution in [2.45, 2.75) is 19.0 Å². The molecule has 1 N–H and O–H groups in total. The highest BCUT2D eigenvalue weighted by atomic mass is 32.2. The highest BCUT2D eigenvalue weighted by Gasteiger charge is 2.18. The fraction of sp³-hybridized carbons (Fsp3) is 0.250. The van der Waals surface area contributed by atoms with Crippen molar-refractivity contribution >= 4 is 38.5 Å². The molecule has 0 aliphatic rings. The number of aromatic nitrogens is 2. The molecule has 2 aromatic carbocycles. The van der Waals surface area contributed by atoms with Crippen LogP contribution >= 0.6 is 11.5 Å². The monoisotopic (exact) mass is 528 g/mol. The molecule has 1 heterocycles. The minimum absolute atomic E-state index is 0.0341. The summed E-state index contributed by atoms with van der Waals surface area (Å²) in [6.07, 6.45) is 2.34. The molecule has 0 radical (unpaired) electrons. The van der Waals surface area contributed by atoms with E-state index in [-0.39, 0.29) is 17.3 Å². The van der Waals surface area contributed by atoms with Gasteiger partial charge in [-0.2, -0.15) is 14.6 Å². The lowest BCUT2D eigenvalue weighted by atomic mass is 10.1. The largest absolute Gasteiger partial charge is 0.490 e. The summed E-state index contributed by atoms with van der Waals surface area (Å²) >= 11 is 0.703. The Morgan fingerprint density at radius 2 is 1.83 bits per heavy atom. The molecule has 0 aliphatic carbocycles. The molecule has 36 heavy (non-hydrogen) atoms. The first-order valence-corrected chi connectivity index (χ1v) is 13.4. The van der Waals surface area contributed by atoms with Gasteiger partial charge in [0.15, 0.2) is 11.5 Å². The number of amides is 1. The number of hydrogen-bond donors (Lipinski definition) is 1. The van der Waals surface area contributed by atoms with Crippen LogP contribution in [0.4, 0.5) is 5.13 Å². The van der Waals surface area contributed by atoms with Crippen LogP contribution in [0, 0.1) is 18.3 Å². The quantitative estimate of drug-likeness (QED) is 0.224. The maximum absolute atomic E-state index is 12.5. The van der Waals surface area contributed by atoms with Gasteiger partial charge < -0.3 is 14.2 Å². The summed E-state index contributed by atoms with van der Waals surface area (Å²) in [6.45, 7) is 4.83. The first-order valence-electron chi connectivity index (χ1n) is 10.8. The van der Waals surface area contributed by atoms with Crippen LogP contribution in [-0.2, 0) is 14.6 Å². The number of sulfone groups is 1. The number of aryl methyl sites for hydroxylation is 1. The molecule has 1 amide bonds. The highest BCUT2D eigenvalue weighted by molar-refractivity contribution is 7.90. The molecule has 0 aliphatic heterocycles. The van der Waals surface area contributed by atoms with Gasteiger partial charge in [0.2, 0.25) is 15.0 Å². The Kier molecular flexibility index (Phi) is 8.99. The molecule has 0 saturated heterocycles. The van der Waals surface area contributed by atoms with E-state index in [0.717, 1.165) is 17.6 Å². The van der Waals surface area contributed by atoms with Gasteiger partial charge in [-0.05, 0) is 49.8 Å². The van der Waals surface area contributed by atoms with Crippen LogP contribution in [0.25, 0.3) is 6.08 Å². The molecule has 3 aromatic rings. The van der Waals surface area contributed by atoms with Crippen molar-refractivity contribution in [2.75, 3.05) is 31.4 Å².